The summed E-state index contributed by atoms with van der Waals surface area (Å²) in [6.07, 6.45) is 0. The van der Waals surface area contributed by atoms with E-state index in [1.165, 1.54) is 81.8 Å². The van der Waals surface area contributed by atoms with Gasteiger partial charge in [0.25, 0.3) is 0 Å². The molecule has 0 amide bonds. The zero-order valence-corrected chi connectivity index (χ0v) is 21.5. The molecule has 2 nitrogen and oxygen atoms in total. The van der Waals surface area contributed by atoms with Gasteiger partial charge in [-0.1, -0.05) is 103 Å². The quantitative estimate of drug-likeness (QED) is 0.197. The molecule has 0 aliphatic heterocycles. The summed E-state index contributed by atoms with van der Waals surface area (Å²) in [7, 11) is 0. The van der Waals surface area contributed by atoms with Gasteiger partial charge in [0.05, 0.1) is 33.1 Å². The number of aromatic nitrogens is 2. The van der Waals surface area contributed by atoms with Crippen LogP contribution in [-0.2, 0) is 0 Å². The van der Waals surface area contributed by atoms with Crippen LogP contribution in [0.5, 0.6) is 0 Å². The third-order valence-electron chi connectivity index (χ3n) is 8.51. The first-order chi connectivity index (χ1) is 19.3. The summed E-state index contributed by atoms with van der Waals surface area (Å²) in [4.78, 5) is 0. The van der Waals surface area contributed by atoms with Crippen molar-refractivity contribution >= 4 is 76.2 Å². The van der Waals surface area contributed by atoms with E-state index >= 15 is 0 Å². The summed E-state index contributed by atoms with van der Waals surface area (Å²) in [6, 6.07) is 47.1. The SMILES string of the molecule is Cc1ccc2c3cccc4c5ccccc5c5cccc6c7ccccc7n(c7ccccc7n(c2c1)c43)c56. The van der Waals surface area contributed by atoms with Crippen LogP contribution in [0.1, 0.15) is 5.56 Å². The fraction of sp³-hybridized carbons (Fsp3) is 0.0270. The Balaban J connectivity index is 1.81. The molecule has 0 saturated heterocycles. The van der Waals surface area contributed by atoms with Crippen LogP contribution in [0.4, 0.5) is 0 Å². The highest BCUT2D eigenvalue weighted by atomic mass is 15.0. The lowest BCUT2D eigenvalue weighted by molar-refractivity contribution is 1.29. The largest absolute Gasteiger partial charge is 0.307 e. The first kappa shape index (κ1) is 20.9. The van der Waals surface area contributed by atoms with Gasteiger partial charge in [-0.2, -0.15) is 0 Å². The van der Waals surface area contributed by atoms with Gasteiger partial charge in [0.2, 0.25) is 0 Å². The first-order valence-corrected chi connectivity index (χ1v) is 13.5. The standard InChI is InChI=1S/C37H24N2/c1-23-20-21-27-31-16-9-14-29-25-11-3-2-10-24(25)28-13-8-15-30-26-12-4-5-17-32(26)38(36(28)30)33-18-6-7-19-34(33)39(37(29)31)35(27)22-23/h2-22H,1H3. The van der Waals surface area contributed by atoms with E-state index in [-0.39, 0.29) is 0 Å². The number of hydrogen-bond donors (Lipinski definition) is 0. The van der Waals surface area contributed by atoms with E-state index in [2.05, 4.69) is 143 Å². The molecule has 0 saturated carbocycles. The number of para-hydroxylation sites is 5. The Labute approximate surface area is 224 Å². The molecule has 0 fully saturated rings. The van der Waals surface area contributed by atoms with E-state index in [1.807, 2.05) is 0 Å². The Kier molecular flexibility index (Phi) is 4.02. The highest BCUT2D eigenvalue weighted by Crippen LogP contribution is 2.40. The highest BCUT2D eigenvalue weighted by Gasteiger charge is 2.17. The van der Waals surface area contributed by atoms with Crippen LogP contribution >= 0.6 is 0 Å². The van der Waals surface area contributed by atoms with Crippen LogP contribution in [0.15, 0.2) is 127 Å². The molecule has 0 N–H and O–H groups in total. The van der Waals surface area contributed by atoms with Crippen molar-refractivity contribution < 1.29 is 0 Å². The van der Waals surface area contributed by atoms with Crippen molar-refractivity contribution in [3.8, 4) is 0 Å². The summed E-state index contributed by atoms with van der Waals surface area (Å²) >= 11 is 0. The number of benzene rings is 6. The Morgan fingerprint density at radius 3 is 1.33 bits per heavy atom. The van der Waals surface area contributed by atoms with Crippen LogP contribution in [0.2, 0.25) is 0 Å². The van der Waals surface area contributed by atoms with Crippen molar-refractivity contribution in [1.29, 1.82) is 0 Å². The van der Waals surface area contributed by atoms with Gasteiger partial charge < -0.3 is 8.80 Å². The zero-order chi connectivity index (χ0) is 25.7. The number of hydrogen-bond acceptors (Lipinski definition) is 0. The van der Waals surface area contributed by atoms with Crippen LogP contribution in [0.25, 0.3) is 76.2 Å². The predicted molar refractivity (Wildman–Crippen MR) is 167 cm³/mol. The van der Waals surface area contributed by atoms with Gasteiger partial charge in [-0.15, -0.1) is 0 Å². The second-order valence-corrected chi connectivity index (χ2v) is 10.6. The van der Waals surface area contributed by atoms with E-state index in [9.17, 15) is 0 Å². The lowest BCUT2D eigenvalue weighted by atomic mass is 10.0. The van der Waals surface area contributed by atoms with Crippen molar-refractivity contribution in [2.45, 2.75) is 6.92 Å². The summed E-state index contributed by atoms with van der Waals surface area (Å²) in [5.41, 5.74) is 8.61. The van der Waals surface area contributed by atoms with Gasteiger partial charge in [0.15, 0.2) is 0 Å². The normalized spacial score (nSPS) is 12.2. The van der Waals surface area contributed by atoms with Gasteiger partial charge in [-0.3, -0.25) is 0 Å². The second kappa shape index (κ2) is 7.49. The van der Waals surface area contributed by atoms with E-state index in [0.717, 1.165) is 0 Å². The molecule has 0 unspecified atom stereocenters. The Morgan fingerprint density at radius 1 is 0.333 bits per heavy atom. The van der Waals surface area contributed by atoms with E-state index < -0.39 is 0 Å². The van der Waals surface area contributed by atoms with Crippen LogP contribution in [0, 0.1) is 6.92 Å². The third-order valence-corrected chi connectivity index (χ3v) is 8.51. The van der Waals surface area contributed by atoms with Crippen LogP contribution in [-0.4, -0.2) is 8.80 Å². The van der Waals surface area contributed by atoms with Gasteiger partial charge in [0, 0.05) is 32.3 Å². The maximum Gasteiger partial charge on any atom is 0.0703 e. The molecular weight excluding hydrogens is 472 g/mol. The number of aryl methyl sites for hydroxylation is 1. The topological polar surface area (TPSA) is 8.82 Å². The van der Waals surface area contributed by atoms with Crippen molar-refractivity contribution in [2.75, 3.05) is 0 Å². The first-order valence-electron chi connectivity index (χ1n) is 13.5. The van der Waals surface area contributed by atoms with Gasteiger partial charge >= 0.3 is 0 Å². The molecule has 9 rings (SSSR count). The molecule has 182 valence electrons. The molecule has 6 aromatic carbocycles. The predicted octanol–water partition coefficient (Wildman–Crippen LogP) is 9.98. The monoisotopic (exact) mass is 496 g/mol. The van der Waals surface area contributed by atoms with Gasteiger partial charge in [-0.05, 0) is 47.5 Å². The van der Waals surface area contributed by atoms with Gasteiger partial charge in [-0.25, -0.2) is 0 Å². The smallest absolute Gasteiger partial charge is 0.0703 e. The van der Waals surface area contributed by atoms with Crippen molar-refractivity contribution in [3.05, 3.63) is 133 Å². The van der Waals surface area contributed by atoms with Crippen molar-refractivity contribution in [3.63, 3.8) is 0 Å². The third kappa shape index (κ3) is 2.65. The molecule has 0 bridgehead atoms. The minimum atomic E-state index is 1.19. The zero-order valence-electron chi connectivity index (χ0n) is 21.5. The number of nitrogens with zero attached hydrogens (tertiary/aromatic N) is 2. The minimum absolute atomic E-state index is 1.19. The molecule has 0 atom stereocenters. The molecule has 3 aromatic heterocycles. The molecule has 9 aromatic rings. The summed E-state index contributed by atoms with van der Waals surface area (Å²) in [5.74, 6) is 0. The van der Waals surface area contributed by atoms with Gasteiger partial charge in [0.1, 0.15) is 0 Å². The highest BCUT2D eigenvalue weighted by molar-refractivity contribution is 6.25. The molecular formula is C37H24N2. The van der Waals surface area contributed by atoms with Crippen molar-refractivity contribution in [1.82, 2.24) is 8.80 Å². The number of rotatable bonds is 0. The Bertz CT molecular complexity index is 2510. The molecule has 39 heavy (non-hydrogen) atoms. The van der Waals surface area contributed by atoms with Crippen molar-refractivity contribution in [2.24, 2.45) is 0 Å². The van der Waals surface area contributed by atoms with E-state index in [1.54, 1.807) is 0 Å². The lowest BCUT2D eigenvalue weighted by Crippen LogP contribution is -1.93. The second-order valence-electron chi connectivity index (χ2n) is 10.6. The summed E-state index contributed by atoms with van der Waals surface area (Å²) < 4.78 is 5.00. The summed E-state index contributed by atoms with van der Waals surface area (Å²) in [6.45, 7) is 2.19. The fourth-order valence-electron chi connectivity index (χ4n) is 6.93. The lowest BCUT2D eigenvalue weighted by Gasteiger charge is -2.10. The summed E-state index contributed by atoms with van der Waals surface area (Å²) in [5, 5.41) is 10.1. The van der Waals surface area contributed by atoms with E-state index in [4.69, 9.17) is 0 Å². The fourth-order valence-corrected chi connectivity index (χ4v) is 6.93. The minimum Gasteiger partial charge on any atom is -0.307 e. The average molecular weight is 497 g/mol. The molecule has 0 spiro atoms. The average Bonchev–Trinajstić information content (AvgIpc) is 3.49. The van der Waals surface area contributed by atoms with E-state index in [0.29, 0.717) is 0 Å². The molecule has 0 radical (unpaired) electrons. The Hall–Kier alpha value is -5.08. The Morgan fingerprint density at radius 2 is 0.744 bits per heavy atom. The molecule has 0 aliphatic carbocycles. The van der Waals surface area contributed by atoms with Crippen LogP contribution in [0.3, 0.4) is 0 Å². The number of fused-ring (bicyclic) bond motifs is 12. The van der Waals surface area contributed by atoms with Crippen LogP contribution < -0.4 is 0 Å². The molecule has 2 heteroatoms. The molecule has 0 aliphatic rings. The maximum absolute atomic E-state index is 2.51. The molecule has 3 heterocycles. The maximum atomic E-state index is 2.51.